The molecule has 2 aromatic carbocycles. The van der Waals surface area contributed by atoms with Gasteiger partial charge in [0, 0.05) is 25.9 Å². The molecule has 0 spiro atoms. The van der Waals surface area contributed by atoms with Crippen molar-refractivity contribution in [1.29, 1.82) is 0 Å². The molecule has 1 amide bonds. The normalized spacial score (nSPS) is 18.4. The van der Waals surface area contributed by atoms with Crippen LogP contribution in [0.5, 0.6) is 0 Å². The minimum absolute atomic E-state index is 0.00489. The van der Waals surface area contributed by atoms with Crippen LogP contribution < -0.4 is 0 Å². The van der Waals surface area contributed by atoms with Gasteiger partial charge in [-0.3, -0.25) is 9.59 Å². The van der Waals surface area contributed by atoms with E-state index in [1.54, 1.807) is 11.0 Å². The maximum absolute atomic E-state index is 13.4. The van der Waals surface area contributed by atoms with Gasteiger partial charge in [-0.25, -0.2) is 9.37 Å². The Morgan fingerprint density at radius 1 is 1.18 bits per heavy atom. The van der Waals surface area contributed by atoms with Crippen LogP contribution in [0.4, 0.5) is 4.39 Å². The molecule has 0 unspecified atom stereocenters. The molecule has 174 valence electrons. The summed E-state index contributed by atoms with van der Waals surface area (Å²) in [4.78, 5) is 35.4. The number of hydrogen-bond donors (Lipinski definition) is 1. The number of rotatable bonds is 8. The molecule has 0 bridgehead atoms. The summed E-state index contributed by atoms with van der Waals surface area (Å²) >= 11 is 0. The van der Waals surface area contributed by atoms with E-state index in [1.807, 2.05) is 25.1 Å². The quantitative estimate of drug-likeness (QED) is 0.514. The number of piperidine rings is 1. The average molecular weight is 452 g/mol. The van der Waals surface area contributed by atoms with Gasteiger partial charge in [0.2, 0.25) is 5.91 Å². The summed E-state index contributed by atoms with van der Waals surface area (Å²) in [6, 6.07) is 14.5. The largest absolute Gasteiger partial charge is 0.466 e. The summed E-state index contributed by atoms with van der Waals surface area (Å²) in [5, 5.41) is 0. The number of hydrogen-bond acceptors (Lipinski definition) is 4. The molecule has 7 heteroatoms. The Bertz CT molecular complexity index is 1110. The number of H-pyrrole nitrogens is 1. The monoisotopic (exact) mass is 451 g/mol. The first-order valence-corrected chi connectivity index (χ1v) is 11.6. The highest BCUT2D eigenvalue weighted by molar-refractivity contribution is 5.81. The Labute approximate surface area is 193 Å². The minimum atomic E-state index is -0.684. The standard InChI is InChI=1S/C26H30FN3O3/c1-2-33-25(32)26(15-13-19-7-4-3-5-8-19)14-6-16-30(18-26)24(31)12-11-23-28-21-10-9-20(27)17-22(21)29-23/h3-5,7-10,17H,2,6,11-16,18H2,1H3,(H,28,29)/t26-/m1/s1. The summed E-state index contributed by atoms with van der Waals surface area (Å²) in [5.41, 5.74) is 1.79. The number of carbonyl (C=O) groups excluding carboxylic acids is 2. The molecule has 33 heavy (non-hydrogen) atoms. The van der Waals surface area contributed by atoms with Crippen molar-refractivity contribution in [3.8, 4) is 0 Å². The van der Waals surface area contributed by atoms with Crippen LogP contribution in [0.2, 0.25) is 0 Å². The number of imidazole rings is 1. The van der Waals surface area contributed by atoms with E-state index in [9.17, 15) is 14.0 Å². The molecule has 1 aromatic heterocycles. The van der Waals surface area contributed by atoms with Gasteiger partial charge < -0.3 is 14.6 Å². The predicted molar refractivity (Wildman–Crippen MR) is 124 cm³/mol. The van der Waals surface area contributed by atoms with Gasteiger partial charge in [0.25, 0.3) is 0 Å². The number of benzene rings is 2. The molecule has 1 aliphatic heterocycles. The fourth-order valence-electron chi connectivity index (χ4n) is 4.67. The van der Waals surface area contributed by atoms with Crippen LogP contribution in [0.3, 0.4) is 0 Å². The van der Waals surface area contributed by atoms with Crippen molar-refractivity contribution in [3.05, 3.63) is 65.7 Å². The van der Waals surface area contributed by atoms with Gasteiger partial charge in [0.15, 0.2) is 0 Å². The molecule has 0 saturated carbocycles. The number of ether oxygens (including phenoxy) is 1. The first-order valence-electron chi connectivity index (χ1n) is 11.6. The Hall–Kier alpha value is -3.22. The van der Waals surface area contributed by atoms with E-state index in [0.29, 0.717) is 49.4 Å². The van der Waals surface area contributed by atoms with Crippen LogP contribution in [-0.2, 0) is 27.2 Å². The molecule has 1 N–H and O–H groups in total. The fraction of sp³-hybridized carbons (Fsp3) is 0.423. The lowest BCUT2D eigenvalue weighted by atomic mass is 9.75. The number of esters is 1. The Balaban J connectivity index is 1.42. The van der Waals surface area contributed by atoms with Crippen molar-refractivity contribution >= 4 is 22.9 Å². The Kier molecular flexibility index (Phi) is 7.06. The van der Waals surface area contributed by atoms with E-state index in [4.69, 9.17) is 4.74 Å². The third-order valence-electron chi connectivity index (χ3n) is 6.44. The molecule has 2 heterocycles. The molecular formula is C26H30FN3O3. The molecule has 1 saturated heterocycles. The van der Waals surface area contributed by atoms with Crippen LogP contribution in [0.25, 0.3) is 11.0 Å². The lowest BCUT2D eigenvalue weighted by molar-refractivity contribution is -0.161. The topological polar surface area (TPSA) is 75.3 Å². The smallest absolute Gasteiger partial charge is 0.313 e. The van der Waals surface area contributed by atoms with E-state index in [0.717, 1.165) is 19.3 Å². The van der Waals surface area contributed by atoms with E-state index in [2.05, 4.69) is 22.1 Å². The highest BCUT2D eigenvalue weighted by Crippen LogP contribution is 2.36. The Morgan fingerprint density at radius 3 is 2.79 bits per heavy atom. The van der Waals surface area contributed by atoms with Crippen LogP contribution in [-0.4, -0.2) is 46.4 Å². The van der Waals surface area contributed by atoms with Crippen molar-refractivity contribution < 1.29 is 18.7 Å². The summed E-state index contributed by atoms with van der Waals surface area (Å²) in [6.45, 7) is 3.15. The third-order valence-corrected chi connectivity index (χ3v) is 6.44. The van der Waals surface area contributed by atoms with Gasteiger partial charge >= 0.3 is 5.97 Å². The zero-order valence-electron chi connectivity index (χ0n) is 19.0. The summed E-state index contributed by atoms with van der Waals surface area (Å²) in [7, 11) is 0. The van der Waals surface area contributed by atoms with E-state index >= 15 is 0 Å². The van der Waals surface area contributed by atoms with Crippen LogP contribution >= 0.6 is 0 Å². The third kappa shape index (κ3) is 5.41. The number of fused-ring (bicyclic) bond motifs is 1. The first-order chi connectivity index (χ1) is 16.0. The molecule has 6 nitrogen and oxygen atoms in total. The van der Waals surface area contributed by atoms with Crippen LogP contribution in [0.1, 0.15) is 44.0 Å². The highest BCUT2D eigenvalue weighted by atomic mass is 19.1. The van der Waals surface area contributed by atoms with Crippen molar-refractivity contribution in [2.45, 2.75) is 45.4 Å². The van der Waals surface area contributed by atoms with Crippen molar-refractivity contribution in [3.63, 3.8) is 0 Å². The van der Waals surface area contributed by atoms with Gasteiger partial charge in [-0.2, -0.15) is 0 Å². The number of aryl methyl sites for hydroxylation is 2. The summed E-state index contributed by atoms with van der Waals surface area (Å²) < 4.78 is 18.9. The van der Waals surface area contributed by atoms with Gasteiger partial charge in [-0.1, -0.05) is 30.3 Å². The average Bonchev–Trinajstić information content (AvgIpc) is 3.24. The molecule has 1 aliphatic rings. The maximum Gasteiger partial charge on any atom is 0.313 e. The Morgan fingerprint density at radius 2 is 2.00 bits per heavy atom. The lowest BCUT2D eigenvalue weighted by Gasteiger charge is -2.41. The van der Waals surface area contributed by atoms with Gasteiger partial charge in [-0.05, 0) is 56.4 Å². The zero-order valence-corrected chi connectivity index (χ0v) is 19.0. The molecule has 3 aromatic rings. The molecule has 0 radical (unpaired) electrons. The molecular weight excluding hydrogens is 421 g/mol. The van der Waals surface area contributed by atoms with Crippen molar-refractivity contribution in [2.24, 2.45) is 5.41 Å². The fourth-order valence-corrected chi connectivity index (χ4v) is 4.67. The number of amides is 1. The van der Waals surface area contributed by atoms with Gasteiger partial charge in [0.1, 0.15) is 11.6 Å². The maximum atomic E-state index is 13.4. The number of aromatic amines is 1. The second-order valence-corrected chi connectivity index (χ2v) is 8.75. The number of nitrogens with zero attached hydrogens (tertiary/aromatic N) is 2. The van der Waals surface area contributed by atoms with Gasteiger partial charge in [0.05, 0.1) is 23.1 Å². The molecule has 0 aliphatic carbocycles. The van der Waals surface area contributed by atoms with Crippen molar-refractivity contribution in [1.82, 2.24) is 14.9 Å². The van der Waals surface area contributed by atoms with Crippen molar-refractivity contribution in [2.75, 3.05) is 19.7 Å². The van der Waals surface area contributed by atoms with E-state index in [1.165, 1.54) is 17.7 Å². The number of carbonyl (C=O) groups is 2. The number of likely N-dealkylation sites (tertiary alicyclic amines) is 1. The number of aromatic nitrogens is 2. The summed E-state index contributed by atoms with van der Waals surface area (Å²) in [5.74, 6) is 0.113. The number of halogens is 1. The second kappa shape index (κ2) is 10.1. The highest BCUT2D eigenvalue weighted by Gasteiger charge is 2.44. The molecule has 4 rings (SSSR count). The van der Waals surface area contributed by atoms with E-state index in [-0.39, 0.29) is 24.1 Å². The molecule has 1 atom stereocenters. The lowest BCUT2D eigenvalue weighted by Crippen LogP contribution is -2.50. The SMILES string of the molecule is CCOC(=O)[C@@]1(CCc2ccccc2)CCCN(C(=O)CCc2nc3ccc(F)cc3[nH]2)C1. The second-order valence-electron chi connectivity index (χ2n) is 8.75. The van der Waals surface area contributed by atoms with Gasteiger partial charge in [-0.15, -0.1) is 0 Å². The van der Waals surface area contributed by atoms with Crippen LogP contribution in [0, 0.1) is 11.2 Å². The first kappa shape index (κ1) is 23.0. The molecule has 1 fully saturated rings. The number of nitrogens with one attached hydrogen (secondary N) is 1. The van der Waals surface area contributed by atoms with E-state index < -0.39 is 5.41 Å². The minimum Gasteiger partial charge on any atom is -0.466 e. The predicted octanol–water partition coefficient (Wildman–Crippen LogP) is 4.44. The summed E-state index contributed by atoms with van der Waals surface area (Å²) in [6.07, 6.45) is 3.61. The van der Waals surface area contributed by atoms with Crippen LogP contribution in [0.15, 0.2) is 48.5 Å². The zero-order chi connectivity index (χ0) is 23.3.